The van der Waals surface area contributed by atoms with Crippen molar-refractivity contribution in [2.24, 2.45) is 5.92 Å². The van der Waals surface area contributed by atoms with E-state index < -0.39 is 0 Å². The second-order valence-corrected chi connectivity index (χ2v) is 7.57. The first kappa shape index (κ1) is 18.6. The monoisotopic (exact) mass is 354 g/mol. The van der Waals surface area contributed by atoms with Crippen LogP contribution in [0.15, 0.2) is 42.5 Å². The van der Waals surface area contributed by atoms with Crippen LogP contribution in [0.25, 0.3) is 0 Å². The number of hydrogen-bond acceptors (Lipinski definition) is 2. The molecule has 2 aromatic carbocycles. The van der Waals surface area contributed by atoms with Crippen LogP contribution >= 0.6 is 0 Å². The first-order valence-corrected chi connectivity index (χ1v) is 9.20. The molecule has 1 amide bonds. The lowest BCUT2D eigenvalue weighted by molar-refractivity contribution is 0.0827. The average Bonchev–Trinajstić information content (AvgIpc) is 3.05. The van der Waals surface area contributed by atoms with E-state index in [9.17, 15) is 9.18 Å². The molecule has 2 aromatic rings. The molecule has 3 rings (SSSR count). The molecule has 0 saturated carbocycles. The molecule has 1 fully saturated rings. The third-order valence-corrected chi connectivity index (χ3v) is 5.14. The van der Waals surface area contributed by atoms with Crippen LogP contribution in [0.5, 0.6) is 0 Å². The highest BCUT2D eigenvalue weighted by atomic mass is 19.1. The molecule has 26 heavy (non-hydrogen) atoms. The molecule has 1 saturated heterocycles. The van der Waals surface area contributed by atoms with Gasteiger partial charge in [-0.05, 0) is 67.1 Å². The van der Waals surface area contributed by atoms with E-state index in [2.05, 4.69) is 4.90 Å². The van der Waals surface area contributed by atoms with Crippen LogP contribution in [0.4, 0.5) is 4.39 Å². The van der Waals surface area contributed by atoms with E-state index in [-0.39, 0.29) is 11.7 Å². The minimum atomic E-state index is -0.107. The quantitative estimate of drug-likeness (QED) is 0.813. The molecule has 1 heterocycles. The first-order valence-electron chi connectivity index (χ1n) is 9.20. The number of carbonyl (C=O) groups excluding carboxylic acids is 1. The summed E-state index contributed by atoms with van der Waals surface area (Å²) in [5, 5.41) is 0. The number of amides is 1. The Morgan fingerprint density at radius 2 is 1.85 bits per heavy atom. The Labute approximate surface area is 155 Å². The lowest BCUT2D eigenvalue weighted by atomic mass is 9.98. The molecule has 1 unspecified atom stereocenters. The smallest absolute Gasteiger partial charge is 0.253 e. The van der Waals surface area contributed by atoms with E-state index in [1.165, 1.54) is 5.56 Å². The topological polar surface area (TPSA) is 23.6 Å². The number of nitrogens with zero attached hydrogens (tertiary/aromatic N) is 2. The third-order valence-electron chi connectivity index (χ3n) is 5.14. The predicted octanol–water partition coefficient (Wildman–Crippen LogP) is 3.90. The van der Waals surface area contributed by atoms with Crippen molar-refractivity contribution in [3.8, 4) is 0 Å². The molecular weight excluding hydrogens is 327 g/mol. The molecule has 0 radical (unpaired) electrons. The summed E-state index contributed by atoms with van der Waals surface area (Å²) in [6.07, 6.45) is 2.08. The summed E-state index contributed by atoms with van der Waals surface area (Å²) in [7, 11) is 3.53. The highest BCUT2D eigenvalue weighted by Gasteiger charge is 2.23. The van der Waals surface area contributed by atoms with Crippen molar-refractivity contribution in [1.29, 1.82) is 0 Å². The third kappa shape index (κ3) is 4.50. The average molecular weight is 354 g/mol. The maximum atomic E-state index is 13.7. The van der Waals surface area contributed by atoms with Crippen LogP contribution in [0.2, 0.25) is 0 Å². The van der Waals surface area contributed by atoms with Gasteiger partial charge in [0.15, 0.2) is 0 Å². The fourth-order valence-electron chi connectivity index (χ4n) is 3.59. The second kappa shape index (κ2) is 8.00. The van der Waals surface area contributed by atoms with Gasteiger partial charge in [-0.25, -0.2) is 4.39 Å². The molecule has 1 atom stereocenters. The summed E-state index contributed by atoms with van der Waals surface area (Å²) < 4.78 is 13.7. The zero-order valence-electron chi connectivity index (χ0n) is 15.8. The van der Waals surface area contributed by atoms with Crippen molar-refractivity contribution in [2.75, 3.05) is 27.2 Å². The molecule has 138 valence electrons. The van der Waals surface area contributed by atoms with Gasteiger partial charge in [0, 0.05) is 32.7 Å². The van der Waals surface area contributed by atoms with Crippen LogP contribution in [-0.4, -0.2) is 42.9 Å². The van der Waals surface area contributed by atoms with Gasteiger partial charge in [-0.3, -0.25) is 9.69 Å². The first-order chi connectivity index (χ1) is 12.4. The maximum absolute atomic E-state index is 13.7. The summed E-state index contributed by atoms with van der Waals surface area (Å²) in [6, 6.07) is 13.5. The summed E-state index contributed by atoms with van der Waals surface area (Å²) >= 11 is 0. The van der Waals surface area contributed by atoms with Gasteiger partial charge in [-0.1, -0.05) is 24.3 Å². The minimum Gasteiger partial charge on any atom is -0.345 e. The summed E-state index contributed by atoms with van der Waals surface area (Å²) in [5.74, 6) is 0.500. The van der Waals surface area contributed by atoms with Crippen LogP contribution in [-0.2, 0) is 13.0 Å². The lowest BCUT2D eigenvalue weighted by Crippen LogP contribution is -2.22. The number of likely N-dealkylation sites (tertiary alicyclic amines) is 1. The van der Waals surface area contributed by atoms with Crippen molar-refractivity contribution in [3.05, 3.63) is 70.5 Å². The van der Waals surface area contributed by atoms with Crippen molar-refractivity contribution in [2.45, 2.75) is 26.3 Å². The molecule has 1 aliphatic heterocycles. The van der Waals surface area contributed by atoms with Gasteiger partial charge in [-0.2, -0.15) is 0 Å². The molecule has 0 aliphatic carbocycles. The Bertz CT molecular complexity index is 770. The zero-order valence-corrected chi connectivity index (χ0v) is 15.8. The molecule has 4 heteroatoms. The Hall–Kier alpha value is -2.20. The molecule has 0 bridgehead atoms. The van der Waals surface area contributed by atoms with Crippen molar-refractivity contribution < 1.29 is 9.18 Å². The Balaban J connectivity index is 1.54. The second-order valence-electron chi connectivity index (χ2n) is 7.57. The van der Waals surface area contributed by atoms with Crippen LogP contribution in [0, 0.1) is 18.7 Å². The van der Waals surface area contributed by atoms with Crippen molar-refractivity contribution in [1.82, 2.24) is 9.80 Å². The number of benzene rings is 2. The van der Waals surface area contributed by atoms with Crippen molar-refractivity contribution >= 4 is 5.91 Å². The van der Waals surface area contributed by atoms with E-state index in [0.717, 1.165) is 43.6 Å². The standard InChI is InChI=1S/C22H27FN2O/c1-16-4-5-18(13-21(16)23)12-19-10-11-25(15-19)14-17-6-8-20(9-7-17)22(26)24(2)3/h4-9,13,19H,10-12,14-15H2,1-3H3. The predicted molar refractivity (Wildman–Crippen MR) is 103 cm³/mol. The normalized spacial score (nSPS) is 17.5. The van der Waals surface area contributed by atoms with Crippen LogP contribution < -0.4 is 0 Å². The summed E-state index contributed by atoms with van der Waals surface area (Å²) in [6.45, 7) is 4.80. The van der Waals surface area contributed by atoms with E-state index in [1.54, 1.807) is 32.0 Å². The molecule has 3 nitrogen and oxygen atoms in total. The maximum Gasteiger partial charge on any atom is 0.253 e. The van der Waals surface area contributed by atoms with Gasteiger partial charge in [0.05, 0.1) is 0 Å². The SMILES string of the molecule is Cc1ccc(CC2CCN(Cc3ccc(C(=O)N(C)C)cc3)C2)cc1F. The van der Waals surface area contributed by atoms with E-state index >= 15 is 0 Å². The highest BCUT2D eigenvalue weighted by molar-refractivity contribution is 5.93. The largest absolute Gasteiger partial charge is 0.345 e. The van der Waals surface area contributed by atoms with Gasteiger partial charge >= 0.3 is 0 Å². The minimum absolute atomic E-state index is 0.0307. The fraction of sp³-hybridized carbons (Fsp3) is 0.409. The molecule has 1 aliphatic rings. The Kier molecular flexibility index (Phi) is 5.72. The molecule has 0 spiro atoms. The number of aryl methyl sites for hydroxylation is 1. The van der Waals surface area contributed by atoms with Crippen LogP contribution in [0.1, 0.15) is 33.5 Å². The summed E-state index contributed by atoms with van der Waals surface area (Å²) in [5.41, 5.74) is 3.74. The number of halogens is 1. The van der Waals surface area contributed by atoms with Crippen LogP contribution in [0.3, 0.4) is 0 Å². The van der Waals surface area contributed by atoms with E-state index in [4.69, 9.17) is 0 Å². The van der Waals surface area contributed by atoms with E-state index in [1.807, 2.05) is 36.4 Å². The number of carbonyl (C=O) groups is 1. The van der Waals surface area contributed by atoms with Gasteiger partial charge in [0.1, 0.15) is 5.82 Å². The lowest BCUT2D eigenvalue weighted by Gasteiger charge is -2.17. The molecular formula is C22H27FN2O. The Morgan fingerprint density at radius 1 is 1.15 bits per heavy atom. The van der Waals surface area contributed by atoms with E-state index in [0.29, 0.717) is 11.5 Å². The van der Waals surface area contributed by atoms with Gasteiger partial charge in [0.2, 0.25) is 0 Å². The number of hydrogen-bond donors (Lipinski definition) is 0. The van der Waals surface area contributed by atoms with Crippen molar-refractivity contribution in [3.63, 3.8) is 0 Å². The van der Waals surface area contributed by atoms with Gasteiger partial charge in [0.25, 0.3) is 5.91 Å². The van der Waals surface area contributed by atoms with Gasteiger partial charge < -0.3 is 4.90 Å². The molecule has 0 aromatic heterocycles. The zero-order chi connectivity index (χ0) is 18.7. The highest BCUT2D eigenvalue weighted by Crippen LogP contribution is 2.23. The summed E-state index contributed by atoms with van der Waals surface area (Å²) in [4.78, 5) is 16.0. The van der Waals surface area contributed by atoms with Gasteiger partial charge in [-0.15, -0.1) is 0 Å². The fourth-order valence-corrected chi connectivity index (χ4v) is 3.59. The number of rotatable bonds is 5. The molecule has 0 N–H and O–H groups in total. The Morgan fingerprint density at radius 3 is 2.50 bits per heavy atom.